The van der Waals surface area contributed by atoms with Gasteiger partial charge >= 0.3 is 5.97 Å². The van der Waals surface area contributed by atoms with Crippen LogP contribution in [0.5, 0.6) is 5.75 Å². The van der Waals surface area contributed by atoms with Gasteiger partial charge in [-0.15, -0.1) is 11.3 Å². The molecule has 2 aromatic carbocycles. The summed E-state index contributed by atoms with van der Waals surface area (Å²) in [7, 11) is 1.65. The number of benzene rings is 2. The van der Waals surface area contributed by atoms with E-state index in [9.17, 15) is 4.79 Å². The van der Waals surface area contributed by atoms with Crippen LogP contribution < -0.4 is 9.46 Å². The fourth-order valence-corrected chi connectivity index (χ4v) is 3.70. The summed E-state index contributed by atoms with van der Waals surface area (Å²) in [5.41, 5.74) is 2.14. The highest BCUT2D eigenvalue weighted by molar-refractivity contribution is 7.97. The van der Waals surface area contributed by atoms with Crippen molar-refractivity contribution in [3.05, 3.63) is 54.7 Å². The minimum absolute atomic E-state index is 0.0792. The predicted molar refractivity (Wildman–Crippen MR) is 101 cm³/mol. The van der Waals surface area contributed by atoms with Gasteiger partial charge in [0.2, 0.25) is 0 Å². The number of carboxylic acid groups (broad SMARTS) is 1. The molecule has 3 aromatic rings. The van der Waals surface area contributed by atoms with Crippen LogP contribution in [0.1, 0.15) is 0 Å². The van der Waals surface area contributed by atoms with Crippen LogP contribution >= 0.6 is 23.3 Å². The van der Waals surface area contributed by atoms with Gasteiger partial charge in [-0.2, -0.15) is 0 Å². The van der Waals surface area contributed by atoms with Gasteiger partial charge in [-0.05, 0) is 53.9 Å². The van der Waals surface area contributed by atoms with E-state index in [0.717, 1.165) is 31.7 Å². The van der Waals surface area contributed by atoms with Gasteiger partial charge in [-0.25, -0.2) is 9.71 Å². The largest absolute Gasteiger partial charge is 0.497 e. The second-order valence-corrected chi connectivity index (χ2v) is 7.09. The molecular weight excluding hydrogens is 356 g/mol. The number of carbonyl (C=O) groups is 1. The van der Waals surface area contributed by atoms with Crippen LogP contribution in [0.25, 0.3) is 21.0 Å². The Labute approximate surface area is 153 Å². The molecule has 128 valence electrons. The number of thiazole rings is 1. The fourth-order valence-electron chi connectivity index (χ4n) is 2.14. The van der Waals surface area contributed by atoms with Gasteiger partial charge in [0.25, 0.3) is 0 Å². The van der Waals surface area contributed by atoms with Gasteiger partial charge in [0.05, 0.1) is 12.0 Å². The molecule has 0 aliphatic heterocycles. The van der Waals surface area contributed by atoms with Gasteiger partial charge in [0.15, 0.2) is 0 Å². The van der Waals surface area contributed by atoms with Crippen LogP contribution in [0.2, 0.25) is 0 Å². The molecule has 5 nitrogen and oxygen atoms in total. The Morgan fingerprint density at radius 3 is 2.48 bits per heavy atom. The molecule has 0 saturated heterocycles. The summed E-state index contributed by atoms with van der Waals surface area (Å²) >= 11 is 2.93. The van der Waals surface area contributed by atoms with Crippen molar-refractivity contribution < 1.29 is 14.6 Å². The number of aliphatic carboxylic acids is 1. The van der Waals surface area contributed by atoms with Crippen molar-refractivity contribution in [3.63, 3.8) is 0 Å². The first-order valence-electron chi connectivity index (χ1n) is 7.48. The summed E-state index contributed by atoms with van der Waals surface area (Å²) in [5.74, 6) is -0.0453. The molecule has 0 spiro atoms. The van der Waals surface area contributed by atoms with Crippen LogP contribution in [0.4, 0.5) is 0 Å². The molecule has 0 radical (unpaired) electrons. The zero-order chi connectivity index (χ0) is 17.6. The van der Waals surface area contributed by atoms with E-state index in [-0.39, 0.29) is 6.54 Å². The number of aromatic nitrogens is 1. The minimum atomic E-state index is -0.877. The highest BCUT2D eigenvalue weighted by Crippen LogP contribution is 2.33. The molecule has 0 fully saturated rings. The maximum atomic E-state index is 10.5. The Hall–Kier alpha value is -2.35. The lowest BCUT2D eigenvalue weighted by molar-refractivity contribution is -0.135. The number of ether oxygens (including phenoxy) is 1. The molecule has 1 heterocycles. The zero-order valence-electron chi connectivity index (χ0n) is 13.4. The van der Waals surface area contributed by atoms with E-state index in [2.05, 4.69) is 9.71 Å². The normalized spacial score (nSPS) is 10.6. The quantitative estimate of drug-likeness (QED) is 0.607. The fraction of sp³-hybridized carbons (Fsp3) is 0.111. The second kappa shape index (κ2) is 8.15. The second-order valence-electron chi connectivity index (χ2n) is 5.10. The number of hydrogen-bond acceptors (Lipinski definition) is 6. The zero-order valence-corrected chi connectivity index (χ0v) is 15.1. The molecular formula is C18H16N2O3S2. The summed E-state index contributed by atoms with van der Waals surface area (Å²) in [6.45, 7) is -0.0792. The summed E-state index contributed by atoms with van der Waals surface area (Å²) < 4.78 is 7.97. The van der Waals surface area contributed by atoms with E-state index < -0.39 is 5.97 Å². The molecule has 0 amide bonds. The third kappa shape index (κ3) is 4.60. The third-order valence-corrected chi connectivity index (χ3v) is 5.29. The number of methoxy groups -OCH3 is 1. The Morgan fingerprint density at radius 2 is 1.84 bits per heavy atom. The van der Waals surface area contributed by atoms with Crippen molar-refractivity contribution in [2.24, 2.45) is 0 Å². The Balaban J connectivity index is 1.70. The lowest BCUT2D eigenvalue weighted by Gasteiger charge is -2.02. The number of carboxylic acids is 1. The van der Waals surface area contributed by atoms with Gasteiger partial charge in [0.1, 0.15) is 17.3 Å². The molecule has 25 heavy (non-hydrogen) atoms. The molecule has 7 heteroatoms. The van der Waals surface area contributed by atoms with Crippen molar-refractivity contribution in [3.8, 4) is 26.8 Å². The maximum Gasteiger partial charge on any atom is 0.318 e. The summed E-state index contributed by atoms with van der Waals surface area (Å²) in [5, 5.41) is 9.57. The number of hydrogen-bond donors (Lipinski definition) is 2. The molecule has 0 aliphatic rings. The molecule has 0 atom stereocenters. The lowest BCUT2D eigenvalue weighted by Crippen LogP contribution is -2.15. The average molecular weight is 372 g/mol. The third-order valence-electron chi connectivity index (χ3n) is 3.39. The van der Waals surface area contributed by atoms with Crippen molar-refractivity contribution in [1.29, 1.82) is 0 Å². The van der Waals surface area contributed by atoms with Gasteiger partial charge in [-0.3, -0.25) is 4.79 Å². The van der Waals surface area contributed by atoms with Gasteiger partial charge in [0, 0.05) is 16.7 Å². The van der Waals surface area contributed by atoms with Crippen LogP contribution in [0.15, 0.2) is 59.6 Å². The number of nitrogens with one attached hydrogen (secondary N) is 1. The van der Waals surface area contributed by atoms with Crippen molar-refractivity contribution in [2.75, 3.05) is 13.7 Å². The van der Waals surface area contributed by atoms with Gasteiger partial charge < -0.3 is 9.84 Å². The first-order chi connectivity index (χ1) is 12.2. The molecule has 0 unspecified atom stereocenters. The number of nitrogens with zero attached hydrogens (tertiary/aromatic N) is 1. The summed E-state index contributed by atoms with van der Waals surface area (Å²) in [6.07, 6.45) is 1.87. The van der Waals surface area contributed by atoms with E-state index in [4.69, 9.17) is 9.84 Å². The number of rotatable bonds is 7. The van der Waals surface area contributed by atoms with E-state index >= 15 is 0 Å². The van der Waals surface area contributed by atoms with Crippen LogP contribution in [0.3, 0.4) is 0 Å². The average Bonchev–Trinajstić information content (AvgIpc) is 3.12. The minimum Gasteiger partial charge on any atom is -0.497 e. The van der Waals surface area contributed by atoms with Gasteiger partial charge in [-0.1, -0.05) is 12.1 Å². The van der Waals surface area contributed by atoms with Crippen LogP contribution in [-0.4, -0.2) is 29.7 Å². The Kier molecular flexibility index (Phi) is 5.70. The maximum absolute atomic E-state index is 10.5. The highest BCUT2D eigenvalue weighted by atomic mass is 32.2. The van der Waals surface area contributed by atoms with Crippen molar-refractivity contribution >= 4 is 29.3 Å². The molecule has 2 N–H and O–H groups in total. The predicted octanol–water partition coefficient (Wildman–Crippen LogP) is 4.17. The molecule has 1 aromatic heterocycles. The van der Waals surface area contributed by atoms with Crippen LogP contribution in [0, 0.1) is 0 Å². The first kappa shape index (κ1) is 17.5. The van der Waals surface area contributed by atoms with Crippen LogP contribution in [-0.2, 0) is 4.79 Å². The topological polar surface area (TPSA) is 71.5 Å². The molecule has 3 rings (SSSR count). The first-order valence-corrected chi connectivity index (χ1v) is 9.11. The van der Waals surface area contributed by atoms with E-state index in [0.29, 0.717) is 0 Å². The smallest absolute Gasteiger partial charge is 0.318 e. The summed E-state index contributed by atoms with van der Waals surface area (Å²) in [4.78, 5) is 17.1. The lowest BCUT2D eigenvalue weighted by atomic mass is 10.2. The standard InChI is InChI=1S/C18H16N2O3S2/c1-23-14-6-2-12(3-7-14)16-10-19-18(24-16)13-4-8-15(9-5-13)25-20-11-17(21)22/h2-10,20H,11H2,1H3,(H,21,22). The van der Waals surface area contributed by atoms with E-state index in [1.54, 1.807) is 18.4 Å². The SMILES string of the molecule is COc1ccc(-c2cnc(-c3ccc(SNCC(=O)O)cc3)s2)cc1. The summed E-state index contributed by atoms with van der Waals surface area (Å²) in [6, 6.07) is 15.8. The van der Waals surface area contributed by atoms with E-state index in [1.165, 1.54) is 11.9 Å². The monoisotopic (exact) mass is 372 g/mol. The van der Waals surface area contributed by atoms with Crippen molar-refractivity contribution in [1.82, 2.24) is 9.71 Å². The Morgan fingerprint density at radius 1 is 1.16 bits per heavy atom. The van der Waals surface area contributed by atoms with E-state index in [1.807, 2.05) is 54.7 Å². The molecule has 0 saturated carbocycles. The van der Waals surface area contributed by atoms with Crippen molar-refractivity contribution in [2.45, 2.75) is 4.90 Å². The highest BCUT2D eigenvalue weighted by Gasteiger charge is 2.07. The molecule has 0 bridgehead atoms. The Bertz CT molecular complexity index is 846. The molecule has 0 aliphatic carbocycles.